The highest BCUT2D eigenvalue weighted by molar-refractivity contribution is 6.30. The molecule has 168 valence electrons. The Balaban J connectivity index is 1.16. The number of nitrogens with zero attached hydrogens (tertiary/aromatic N) is 4. The average Bonchev–Trinajstić information content (AvgIpc) is 3.19. The molecule has 3 aliphatic heterocycles. The first-order chi connectivity index (χ1) is 15.6. The van der Waals surface area contributed by atoms with Gasteiger partial charge in [0.1, 0.15) is 19.8 Å². The van der Waals surface area contributed by atoms with E-state index in [1.807, 2.05) is 47.4 Å². The van der Waals surface area contributed by atoms with E-state index in [1.165, 1.54) is 0 Å². The van der Waals surface area contributed by atoms with E-state index in [1.54, 1.807) is 9.80 Å². The molecule has 2 saturated heterocycles. The minimum atomic E-state index is -0.158. The van der Waals surface area contributed by atoms with Gasteiger partial charge in [-0.15, -0.1) is 0 Å². The van der Waals surface area contributed by atoms with Gasteiger partial charge in [0, 0.05) is 61.7 Å². The first kappa shape index (κ1) is 20.8. The molecule has 8 nitrogen and oxygen atoms in total. The maximum Gasteiger partial charge on any atom is 0.325 e. The molecule has 3 heterocycles. The number of hydrogen-bond donors (Lipinski definition) is 0. The van der Waals surface area contributed by atoms with Crippen LogP contribution in [0.4, 0.5) is 16.2 Å². The summed E-state index contributed by atoms with van der Waals surface area (Å²) in [7, 11) is 0. The zero-order chi connectivity index (χ0) is 22.1. The summed E-state index contributed by atoms with van der Waals surface area (Å²) in [5.74, 6) is 1.32. The Bertz CT molecular complexity index is 1010. The first-order valence-electron chi connectivity index (χ1n) is 10.8. The lowest BCUT2D eigenvalue weighted by Crippen LogP contribution is -2.51. The fourth-order valence-corrected chi connectivity index (χ4v) is 4.42. The van der Waals surface area contributed by atoms with Crippen LogP contribution >= 0.6 is 11.6 Å². The molecule has 0 unspecified atom stereocenters. The van der Waals surface area contributed by atoms with Crippen molar-refractivity contribution in [3.05, 3.63) is 47.5 Å². The summed E-state index contributed by atoms with van der Waals surface area (Å²) in [6, 6.07) is 13.1. The third-order valence-electron chi connectivity index (χ3n) is 6.08. The van der Waals surface area contributed by atoms with Crippen molar-refractivity contribution >= 4 is 34.9 Å². The van der Waals surface area contributed by atoms with Crippen molar-refractivity contribution in [2.45, 2.75) is 0 Å². The van der Waals surface area contributed by atoms with E-state index in [-0.39, 0.29) is 18.5 Å². The molecule has 0 N–H and O–H groups in total. The molecule has 0 radical (unpaired) electrons. The number of piperazine rings is 1. The van der Waals surface area contributed by atoms with Gasteiger partial charge in [0.05, 0.1) is 0 Å². The van der Waals surface area contributed by atoms with Crippen molar-refractivity contribution in [2.24, 2.45) is 0 Å². The molecule has 3 amide bonds. The maximum atomic E-state index is 12.9. The monoisotopic (exact) mass is 456 g/mol. The summed E-state index contributed by atoms with van der Waals surface area (Å²) in [4.78, 5) is 33.2. The quantitative estimate of drug-likeness (QED) is 0.707. The number of anilines is 2. The molecule has 0 aliphatic carbocycles. The van der Waals surface area contributed by atoms with Crippen LogP contribution in [0.5, 0.6) is 11.5 Å². The highest BCUT2D eigenvalue weighted by Crippen LogP contribution is 2.35. The number of ether oxygens (including phenoxy) is 2. The van der Waals surface area contributed by atoms with Gasteiger partial charge >= 0.3 is 6.03 Å². The maximum absolute atomic E-state index is 12.9. The Morgan fingerprint density at radius 1 is 0.844 bits per heavy atom. The molecule has 2 aromatic carbocycles. The normalized spacial score (nSPS) is 18.3. The predicted molar refractivity (Wildman–Crippen MR) is 122 cm³/mol. The van der Waals surface area contributed by atoms with Gasteiger partial charge in [-0.2, -0.15) is 0 Å². The lowest BCUT2D eigenvalue weighted by Gasteiger charge is -2.36. The van der Waals surface area contributed by atoms with Crippen molar-refractivity contribution in [1.82, 2.24) is 9.80 Å². The van der Waals surface area contributed by atoms with Crippen LogP contribution in [0.25, 0.3) is 0 Å². The van der Waals surface area contributed by atoms with E-state index in [0.717, 1.165) is 24.5 Å². The molecule has 9 heteroatoms. The minimum Gasteiger partial charge on any atom is -0.486 e. The van der Waals surface area contributed by atoms with Gasteiger partial charge in [0.2, 0.25) is 5.91 Å². The van der Waals surface area contributed by atoms with Crippen molar-refractivity contribution in [3.8, 4) is 11.5 Å². The molecule has 32 heavy (non-hydrogen) atoms. The summed E-state index contributed by atoms with van der Waals surface area (Å²) >= 11 is 5.97. The fraction of sp³-hybridized carbons (Fsp3) is 0.391. The lowest BCUT2D eigenvalue weighted by atomic mass is 10.2. The number of urea groups is 1. The zero-order valence-corrected chi connectivity index (χ0v) is 18.5. The summed E-state index contributed by atoms with van der Waals surface area (Å²) in [6.45, 7) is 4.95. The topological polar surface area (TPSA) is 65.6 Å². The minimum absolute atomic E-state index is 0.0156. The molecule has 0 atom stereocenters. The summed E-state index contributed by atoms with van der Waals surface area (Å²) in [5, 5.41) is 0.711. The van der Waals surface area contributed by atoms with Crippen LogP contribution in [0.3, 0.4) is 0 Å². The highest BCUT2D eigenvalue weighted by atomic mass is 35.5. The number of hydrogen-bond acceptors (Lipinski definition) is 5. The second-order valence-corrected chi connectivity index (χ2v) is 8.46. The molecular formula is C23H25ClN4O4. The van der Waals surface area contributed by atoms with Crippen LogP contribution in [0.1, 0.15) is 0 Å². The van der Waals surface area contributed by atoms with E-state index in [9.17, 15) is 9.59 Å². The third-order valence-corrected chi connectivity index (χ3v) is 6.33. The van der Waals surface area contributed by atoms with Crippen LogP contribution in [0, 0.1) is 0 Å². The number of carbonyl (C=O) groups is 2. The highest BCUT2D eigenvalue weighted by Gasteiger charge is 2.33. The van der Waals surface area contributed by atoms with Gasteiger partial charge in [-0.3, -0.25) is 9.69 Å². The third kappa shape index (κ3) is 4.14. The van der Waals surface area contributed by atoms with Crippen molar-refractivity contribution in [2.75, 3.05) is 68.8 Å². The lowest BCUT2D eigenvalue weighted by molar-refractivity contribution is -0.131. The number of carbonyl (C=O) groups excluding carboxylic acids is 2. The molecular weight excluding hydrogens is 432 g/mol. The first-order valence-corrected chi connectivity index (χ1v) is 11.2. The van der Waals surface area contributed by atoms with Gasteiger partial charge in [-0.25, -0.2) is 4.79 Å². The molecule has 2 aromatic rings. The Labute approximate surface area is 191 Å². The Morgan fingerprint density at radius 3 is 2.28 bits per heavy atom. The summed E-state index contributed by atoms with van der Waals surface area (Å²) in [6.07, 6.45) is 0. The molecule has 3 aliphatic rings. The number of halogens is 1. The summed E-state index contributed by atoms with van der Waals surface area (Å²) in [5.41, 5.74) is 1.86. The van der Waals surface area contributed by atoms with Gasteiger partial charge in [0.15, 0.2) is 11.5 Å². The molecule has 0 spiro atoms. The van der Waals surface area contributed by atoms with Crippen LogP contribution in [0.2, 0.25) is 5.02 Å². The van der Waals surface area contributed by atoms with Crippen LogP contribution in [-0.4, -0.2) is 80.8 Å². The average molecular weight is 457 g/mol. The van der Waals surface area contributed by atoms with E-state index in [2.05, 4.69) is 4.90 Å². The second kappa shape index (κ2) is 8.78. The molecule has 0 saturated carbocycles. The molecule has 5 rings (SSSR count). The Morgan fingerprint density at radius 2 is 1.53 bits per heavy atom. The van der Waals surface area contributed by atoms with Crippen molar-refractivity contribution < 1.29 is 19.1 Å². The van der Waals surface area contributed by atoms with Crippen LogP contribution in [-0.2, 0) is 4.79 Å². The van der Waals surface area contributed by atoms with Crippen molar-refractivity contribution in [3.63, 3.8) is 0 Å². The number of rotatable bonds is 4. The molecule has 0 bridgehead atoms. The number of amides is 3. The standard InChI is InChI=1S/C23H25ClN4O4/c24-17-1-3-18(4-2-17)25-7-9-26(10-8-25)22(29)16-27-11-12-28(23(27)30)19-5-6-20-21(15-19)32-14-13-31-20/h1-6,15H,7-14,16H2. The Kier molecular flexibility index (Phi) is 5.70. The number of fused-ring (bicyclic) bond motifs is 1. The van der Waals surface area contributed by atoms with Gasteiger partial charge in [-0.1, -0.05) is 11.6 Å². The van der Waals surface area contributed by atoms with E-state index < -0.39 is 0 Å². The van der Waals surface area contributed by atoms with Crippen LogP contribution in [0.15, 0.2) is 42.5 Å². The number of benzene rings is 2. The summed E-state index contributed by atoms with van der Waals surface area (Å²) < 4.78 is 11.2. The fourth-order valence-electron chi connectivity index (χ4n) is 4.30. The molecule has 0 aromatic heterocycles. The van der Waals surface area contributed by atoms with Gasteiger partial charge in [0.25, 0.3) is 0 Å². The van der Waals surface area contributed by atoms with E-state index in [0.29, 0.717) is 55.9 Å². The second-order valence-electron chi connectivity index (χ2n) is 8.03. The van der Waals surface area contributed by atoms with E-state index >= 15 is 0 Å². The smallest absolute Gasteiger partial charge is 0.325 e. The van der Waals surface area contributed by atoms with Crippen LogP contribution < -0.4 is 19.3 Å². The van der Waals surface area contributed by atoms with Gasteiger partial charge in [-0.05, 0) is 36.4 Å². The largest absolute Gasteiger partial charge is 0.486 e. The molecule has 2 fully saturated rings. The Hall–Kier alpha value is -3.13. The van der Waals surface area contributed by atoms with Gasteiger partial charge < -0.3 is 24.2 Å². The van der Waals surface area contributed by atoms with E-state index in [4.69, 9.17) is 21.1 Å². The SMILES string of the molecule is O=C(CN1CCN(c2ccc3c(c2)OCCO3)C1=O)N1CCN(c2ccc(Cl)cc2)CC1. The zero-order valence-electron chi connectivity index (χ0n) is 17.7. The van der Waals surface area contributed by atoms with Crippen molar-refractivity contribution in [1.29, 1.82) is 0 Å². The predicted octanol–water partition coefficient (Wildman–Crippen LogP) is 2.70.